The van der Waals surface area contributed by atoms with Crippen LogP contribution in [0.3, 0.4) is 0 Å². The quantitative estimate of drug-likeness (QED) is 0.335. The molecule has 2 unspecified atom stereocenters. The molecule has 0 amide bonds. The van der Waals surface area contributed by atoms with Gasteiger partial charge >= 0.3 is 0 Å². The average Bonchev–Trinajstić information content (AvgIpc) is 2.95. The van der Waals surface area contributed by atoms with Gasteiger partial charge in [0.15, 0.2) is 5.96 Å². The van der Waals surface area contributed by atoms with Crippen molar-refractivity contribution < 1.29 is 9.84 Å². The molecule has 0 spiro atoms. The molecule has 0 bridgehead atoms. The summed E-state index contributed by atoms with van der Waals surface area (Å²) < 4.78 is 5.22. The Balaban J connectivity index is 0.00000338. The maximum absolute atomic E-state index is 10.0. The number of methoxy groups -OCH3 is 1. The second-order valence-electron chi connectivity index (χ2n) is 6.97. The molecule has 0 saturated carbocycles. The summed E-state index contributed by atoms with van der Waals surface area (Å²) in [6.07, 6.45) is 0. The lowest BCUT2D eigenvalue weighted by atomic mass is 10.1. The van der Waals surface area contributed by atoms with Crippen molar-refractivity contribution in [2.24, 2.45) is 10.9 Å². The molecule has 1 heterocycles. The Morgan fingerprint density at radius 3 is 2.69 bits per heavy atom. The molecule has 1 fully saturated rings. The topological polar surface area (TPSA) is 69.1 Å². The van der Waals surface area contributed by atoms with Gasteiger partial charge in [0.25, 0.3) is 0 Å². The van der Waals surface area contributed by atoms with Gasteiger partial charge < -0.3 is 20.5 Å². The van der Waals surface area contributed by atoms with E-state index in [-0.39, 0.29) is 29.7 Å². The van der Waals surface area contributed by atoms with Crippen LogP contribution < -0.4 is 15.4 Å². The summed E-state index contributed by atoms with van der Waals surface area (Å²) in [5.41, 5.74) is 0.750. The summed E-state index contributed by atoms with van der Waals surface area (Å²) in [7, 11) is 1.62. The van der Waals surface area contributed by atoms with Crippen LogP contribution >= 0.6 is 24.0 Å². The monoisotopic (exact) mass is 476 g/mol. The van der Waals surface area contributed by atoms with Gasteiger partial charge in [-0.2, -0.15) is 0 Å². The number of benzene rings is 1. The number of hydrogen-bond acceptors (Lipinski definition) is 4. The first-order valence-corrected chi connectivity index (χ1v) is 9.09. The molecule has 0 radical (unpaired) electrons. The van der Waals surface area contributed by atoms with Crippen LogP contribution in [0.5, 0.6) is 11.5 Å². The van der Waals surface area contributed by atoms with Gasteiger partial charge in [-0.05, 0) is 44.9 Å². The number of nitrogens with one attached hydrogen (secondary N) is 2. The third-order valence-corrected chi connectivity index (χ3v) is 4.73. The SMILES string of the molecule is CCNC(=NCc1cc(OC)ccc1O)NC1CN(C(C)C)CC1C.I. The number of nitrogens with zero attached hydrogens (tertiary/aromatic N) is 2. The second-order valence-corrected chi connectivity index (χ2v) is 6.97. The van der Waals surface area contributed by atoms with Crippen molar-refractivity contribution in [1.82, 2.24) is 15.5 Å². The van der Waals surface area contributed by atoms with E-state index < -0.39 is 0 Å². The highest BCUT2D eigenvalue weighted by molar-refractivity contribution is 14.0. The fourth-order valence-corrected chi connectivity index (χ4v) is 3.09. The number of aromatic hydroxyl groups is 1. The number of likely N-dealkylation sites (tertiary alicyclic amines) is 1. The van der Waals surface area contributed by atoms with Gasteiger partial charge in [-0.3, -0.25) is 4.90 Å². The van der Waals surface area contributed by atoms with Crippen LogP contribution in [-0.2, 0) is 6.54 Å². The zero-order valence-electron chi connectivity index (χ0n) is 16.5. The van der Waals surface area contributed by atoms with E-state index >= 15 is 0 Å². The molecule has 1 aromatic carbocycles. The van der Waals surface area contributed by atoms with E-state index in [9.17, 15) is 5.11 Å². The number of phenolic OH excluding ortho intramolecular Hbond substituents is 1. The predicted octanol–water partition coefficient (Wildman–Crippen LogP) is 2.80. The van der Waals surface area contributed by atoms with Gasteiger partial charge in [-0.25, -0.2) is 4.99 Å². The molecule has 148 valence electrons. The molecular formula is C19H33IN4O2. The zero-order chi connectivity index (χ0) is 18.4. The Morgan fingerprint density at radius 2 is 2.12 bits per heavy atom. The summed E-state index contributed by atoms with van der Waals surface area (Å²) in [4.78, 5) is 7.13. The highest BCUT2D eigenvalue weighted by Crippen LogP contribution is 2.23. The smallest absolute Gasteiger partial charge is 0.191 e. The first-order chi connectivity index (χ1) is 11.9. The summed E-state index contributed by atoms with van der Waals surface area (Å²) >= 11 is 0. The highest BCUT2D eigenvalue weighted by atomic mass is 127. The van der Waals surface area contributed by atoms with Gasteiger partial charge in [0.2, 0.25) is 0 Å². The van der Waals surface area contributed by atoms with Crippen LogP contribution in [0.4, 0.5) is 0 Å². The molecule has 6 nitrogen and oxygen atoms in total. The van der Waals surface area contributed by atoms with E-state index in [4.69, 9.17) is 4.74 Å². The minimum atomic E-state index is 0. The van der Waals surface area contributed by atoms with Crippen molar-refractivity contribution in [1.29, 1.82) is 0 Å². The maximum atomic E-state index is 10.0. The van der Waals surface area contributed by atoms with Crippen molar-refractivity contribution in [3.05, 3.63) is 23.8 Å². The van der Waals surface area contributed by atoms with Crippen LogP contribution in [0.25, 0.3) is 0 Å². The molecule has 1 saturated heterocycles. The van der Waals surface area contributed by atoms with Gasteiger partial charge in [0.1, 0.15) is 11.5 Å². The summed E-state index contributed by atoms with van der Waals surface area (Å²) in [6, 6.07) is 6.14. The fraction of sp³-hybridized carbons (Fsp3) is 0.632. The summed E-state index contributed by atoms with van der Waals surface area (Å²) in [5.74, 6) is 2.31. The van der Waals surface area contributed by atoms with Crippen LogP contribution in [0.2, 0.25) is 0 Å². The van der Waals surface area contributed by atoms with Crippen LogP contribution in [0, 0.1) is 5.92 Å². The number of ether oxygens (including phenoxy) is 1. The largest absolute Gasteiger partial charge is 0.508 e. The van der Waals surface area contributed by atoms with Gasteiger partial charge in [0, 0.05) is 37.3 Å². The van der Waals surface area contributed by atoms with Gasteiger partial charge in [-0.1, -0.05) is 6.92 Å². The number of guanidine groups is 1. The fourth-order valence-electron chi connectivity index (χ4n) is 3.09. The molecule has 1 aliphatic rings. The maximum Gasteiger partial charge on any atom is 0.191 e. The Bertz CT molecular complexity index is 595. The van der Waals surface area contributed by atoms with Crippen molar-refractivity contribution >= 4 is 29.9 Å². The highest BCUT2D eigenvalue weighted by Gasteiger charge is 2.31. The Morgan fingerprint density at radius 1 is 1.38 bits per heavy atom. The number of hydrogen-bond donors (Lipinski definition) is 3. The van der Waals surface area contributed by atoms with Gasteiger partial charge in [0.05, 0.1) is 13.7 Å². The lowest BCUT2D eigenvalue weighted by Gasteiger charge is -2.22. The molecule has 1 aliphatic heterocycles. The lowest BCUT2D eigenvalue weighted by molar-refractivity contribution is 0.265. The number of halogens is 1. The first-order valence-electron chi connectivity index (χ1n) is 9.09. The molecule has 0 aromatic heterocycles. The number of aliphatic imine (C=N–C) groups is 1. The van der Waals surface area contributed by atoms with Crippen molar-refractivity contribution in [3.63, 3.8) is 0 Å². The van der Waals surface area contributed by atoms with Crippen molar-refractivity contribution in [3.8, 4) is 11.5 Å². The second kappa shape index (κ2) is 10.8. The average molecular weight is 476 g/mol. The minimum absolute atomic E-state index is 0. The molecule has 2 rings (SSSR count). The molecular weight excluding hydrogens is 443 g/mol. The lowest BCUT2D eigenvalue weighted by Crippen LogP contribution is -2.46. The van der Waals surface area contributed by atoms with E-state index in [0.717, 1.165) is 36.9 Å². The molecule has 3 N–H and O–H groups in total. The third kappa shape index (κ3) is 6.19. The number of phenols is 1. The predicted molar refractivity (Wildman–Crippen MR) is 118 cm³/mol. The molecule has 7 heteroatoms. The van der Waals surface area contributed by atoms with E-state index in [1.165, 1.54) is 0 Å². The molecule has 0 aliphatic carbocycles. The summed E-state index contributed by atoms with van der Waals surface area (Å²) in [5, 5.41) is 16.9. The Labute approximate surface area is 174 Å². The van der Waals surface area contributed by atoms with Crippen LogP contribution in [0.15, 0.2) is 23.2 Å². The Hall–Kier alpha value is -1.22. The third-order valence-electron chi connectivity index (χ3n) is 4.73. The standard InChI is InChI=1S/C19H32N4O2.HI/c1-6-20-19(22-17-12-23(13(2)3)11-14(17)4)21-10-15-9-16(25-5)7-8-18(15)24;/h7-9,13-14,17,24H,6,10-12H2,1-5H3,(H2,20,21,22);1H. The first kappa shape index (κ1) is 22.8. The van der Waals surface area contributed by atoms with E-state index in [0.29, 0.717) is 24.5 Å². The number of rotatable bonds is 6. The Kier molecular flexibility index (Phi) is 9.49. The molecule has 1 aromatic rings. The van der Waals surface area contributed by atoms with E-state index in [1.54, 1.807) is 19.2 Å². The summed E-state index contributed by atoms with van der Waals surface area (Å²) in [6.45, 7) is 12.1. The van der Waals surface area contributed by atoms with Crippen LogP contribution in [-0.4, -0.2) is 54.8 Å². The molecule has 2 atom stereocenters. The normalized spacial score (nSPS) is 20.8. The van der Waals surface area contributed by atoms with Crippen LogP contribution in [0.1, 0.15) is 33.3 Å². The zero-order valence-corrected chi connectivity index (χ0v) is 18.8. The van der Waals surface area contributed by atoms with Crippen molar-refractivity contribution in [2.75, 3.05) is 26.7 Å². The van der Waals surface area contributed by atoms with E-state index in [1.807, 2.05) is 6.07 Å². The minimum Gasteiger partial charge on any atom is -0.508 e. The van der Waals surface area contributed by atoms with Gasteiger partial charge in [-0.15, -0.1) is 24.0 Å². The van der Waals surface area contributed by atoms with E-state index in [2.05, 4.69) is 48.2 Å². The van der Waals surface area contributed by atoms with Crippen molar-refractivity contribution in [2.45, 2.75) is 46.3 Å². The molecule has 26 heavy (non-hydrogen) atoms.